The summed E-state index contributed by atoms with van der Waals surface area (Å²) < 4.78 is 0. The summed E-state index contributed by atoms with van der Waals surface area (Å²) in [5.74, 6) is 1.31. The van der Waals surface area contributed by atoms with E-state index in [1.165, 1.54) is 29.9 Å². The molecule has 1 fully saturated rings. The van der Waals surface area contributed by atoms with E-state index in [2.05, 4.69) is 24.0 Å². The second kappa shape index (κ2) is 3.48. The summed E-state index contributed by atoms with van der Waals surface area (Å²) in [6.07, 6.45) is 4.62. The minimum absolute atomic E-state index is 0.672. The highest BCUT2D eigenvalue weighted by Gasteiger charge is 2.18. The Kier molecular flexibility index (Phi) is 2.35. The summed E-state index contributed by atoms with van der Waals surface area (Å²) in [5.41, 5.74) is 2.52. The van der Waals surface area contributed by atoms with Crippen molar-refractivity contribution in [3.05, 3.63) is 29.6 Å². The fourth-order valence-corrected chi connectivity index (χ4v) is 2.74. The molecule has 1 saturated heterocycles. The van der Waals surface area contributed by atoms with Gasteiger partial charge in [-0.05, 0) is 37.1 Å². The molecule has 0 saturated carbocycles. The molecular weight excluding hydrogens is 166 g/mol. The zero-order valence-electron chi connectivity index (χ0n) is 7.29. The minimum Gasteiger partial charge on any atom is -0.260 e. The molecule has 1 aliphatic heterocycles. The lowest BCUT2D eigenvalue weighted by atomic mass is 10.2. The molecule has 0 amide bonds. The summed E-state index contributed by atoms with van der Waals surface area (Å²) in [5, 5.41) is 0.672. The molecule has 1 nitrogen and oxygen atoms in total. The van der Waals surface area contributed by atoms with Gasteiger partial charge in [-0.25, -0.2) is 0 Å². The van der Waals surface area contributed by atoms with Crippen molar-refractivity contribution in [3.8, 4) is 0 Å². The highest BCUT2D eigenvalue weighted by molar-refractivity contribution is 7.99. The standard InChI is InChI=1S/C10H13NS/c1-8-4-5-9(11-7-8)10-3-2-6-12-10/h4-5,7,10H,2-3,6H2,1H3. The second-order valence-corrected chi connectivity index (χ2v) is 4.57. The van der Waals surface area contributed by atoms with E-state index in [0.29, 0.717) is 5.25 Å². The fourth-order valence-electron chi connectivity index (χ4n) is 1.48. The average Bonchev–Trinajstić information content (AvgIpc) is 2.58. The van der Waals surface area contributed by atoms with Gasteiger partial charge in [-0.1, -0.05) is 6.07 Å². The largest absolute Gasteiger partial charge is 0.260 e. The van der Waals surface area contributed by atoms with Crippen LogP contribution in [0.4, 0.5) is 0 Å². The Hall–Kier alpha value is -0.500. The highest BCUT2D eigenvalue weighted by Crippen LogP contribution is 2.38. The molecule has 1 aromatic rings. The number of thioether (sulfide) groups is 1. The van der Waals surface area contributed by atoms with E-state index in [-0.39, 0.29) is 0 Å². The van der Waals surface area contributed by atoms with Crippen LogP contribution in [-0.4, -0.2) is 10.7 Å². The van der Waals surface area contributed by atoms with Gasteiger partial charge in [0.2, 0.25) is 0 Å². The molecule has 12 heavy (non-hydrogen) atoms. The summed E-state index contributed by atoms with van der Waals surface area (Å²) in [4.78, 5) is 4.44. The normalized spacial score (nSPS) is 22.9. The lowest BCUT2D eigenvalue weighted by Crippen LogP contribution is -1.92. The Balaban J connectivity index is 2.17. The van der Waals surface area contributed by atoms with Crippen LogP contribution in [0.3, 0.4) is 0 Å². The zero-order valence-corrected chi connectivity index (χ0v) is 8.10. The van der Waals surface area contributed by atoms with Crippen LogP contribution >= 0.6 is 11.8 Å². The number of pyridine rings is 1. The Bertz CT molecular complexity index is 249. The first kappa shape index (κ1) is 8.11. The third kappa shape index (κ3) is 1.63. The van der Waals surface area contributed by atoms with Gasteiger partial charge < -0.3 is 0 Å². The molecule has 1 atom stereocenters. The molecule has 0 aromatic carbocycles. The topological polar surface area (TPSA) is 12.9 Å². The van der Waals surface area contributed by atoms with Crippen molar-refractivity contribution in [1.29, 1.82) is 0 Å². The van der Waals surface area contributed by atoms with Crippen LogP contribution in [0.2, 0.25) is 0 Å². The van der Waals surface area contributed by atoms with Crippen LogP contribution < -0.4 is 0 Å². The molecule has 2 rings (SSSR count). The fraction of sp³-hybridized carbons (Fsp3) is 0.500. The number of hydrogen-bond donors (Lipinski definition) is 0. The zero-order chi connectivity index (χ0) is 8.39. The highest BCUT2D eigenvalue weighted by atomic mass is 32.2. The third-order valence-electron chi connectivity index (χ3n) is 2.19. The molecule has 0 aliphatic carbocycles. The Morgan fingerprint density at radius 1 is 1.50 bits per heavy atom. The predicted octanol–water partition coefficient (Wildman–Crippen LogP) is 2.96. The van der Waals surface area contributed by atoms with Crippen LogP contribution in [0.25, 0.3) is 0 Å². The third-order valence-corrected chi connectivity index (χ3v) is 3.60. The molecule has 0 radical (unpaired) electrons. The molecule has 0 spiro atoms. The molecule has 2 heterocycles. The van der Waals surface area contributed by atoms with Crippen molar-refractivity contribution in [2.45, 2.75) is 25.0 Å². The lowest BCUT2D eigenvalue weighted by molar-refractivity contribution is 0.806. The van der Waals surface area contributed by atoms with E-state index in [4.69, 9.17) is 0 Å². The van der Waals surface area contributed by atoms with Gasteiger partial charge in [0.05, 0.1) is 5.69 Å². The van der Waals surface area contributed by atoms with E-state index in [1.54, 1.807) is 0 Å². The van der Waals surface area contributed by atoms with Gasteiger partial charge in [0.25, 0.3) is 0 Å². The molecule has 2 heteroatoms. The number of aryl methyl sites for hydroxylation is 1. The molecule has 1 aliphatic rings. The van der Waals surface area contributed by atoms with Crippen molar-refractivity contribution < 1.29 is 0 Å². The average molecular weight is 179 g/mol. The maximum atomic E-state index is 4.44. The Morgan fingerprint density at radius 3 is 3.00 bits per heavy atom. The van der Waals surface area contributed by atoms with E-state index in [9.17, 15) is 0 Å². The van der Waals surface area contributed by atoms with Gasteiger partial charge in [0, 0.05) is 11.4 Å². The number of hydrogen-bond acceptors (Lipinski definition) is 2. The quantitative estimate of drug-likeness (QED) is 0.657. The number of aromatic nitrogens is 1. The summed E-state index contributed by atoms with van der Waals surface area (Å²) >= 11 is 2.04. The first-order chi connectivity index (χ1) is 5.86. The van der Waals surface area contributed by atoms with Crippen LogP contribution in [0, 0.1) is 6.92 Å². The molecule has 64 valence electrons. The SMILES string of the molecule is Cc1ccc(C2CCCS2)nc1. The van der Waals surface area contributed by atoms with Crippen LogP contribution in [0.15, 0.2) is 18.3 Å². The number of nitrogens with zero attached hydrogens (tertiary/aromatic N) is 1. The van der Waals surface area contributed by atoms with Gasteiger partial charge in [0.1, 0.15) is 0 Å². The second-order valence-electron chi connectivity index (χ2n) is 3.26. The van der Waals surface area contributed by atoms with Gasteiger partial charge in [0.15, 0.2) is 0 Å². The van der Waals surface area contributed by atoms with Gasteiger partial charge in [-0.2, -0.15) is 11.8 Å². The van der Waals surface area contributed by atoms with Gasteiger partial charge in [-0.15, -0.1) is 0 Å². The molecule has 0 N–H and O–H groups in total. The van der Waals surface area contributed by atoms with E-state index in [0.717, 1.165) is 0 Å². The van der Waals surface area contributed by atoms with Crippen molar-refractivity contribution in [1.82, 2.24) is 4.98 Å². The first-order valence-electron chi connectivity index (χ1n) is 4.40. The monoisotopic (exact) mass is 179 g/mol. The van der Waals surface area contributed by atoms with E-state index in [1.807, 2.05) is 18.0 Å². The summed E-state index contributed by atoms with van der Waals surface area (Å²) in [6.45, 7) is 2.08. The molecule has 0 bridgehead atoms. The first-order valence-corrected chi connectivity index (χ1v) is 5.45. The van der Waals surface area contributed by atoms with Crippen molar-refractivity contribution in [2.24, 2.45) is 0 Å². The number of rotatable bonds is 1. The van der Waals surface area contributed by atoms with Crippen molar-refractivity contribution in [2.75, 3.05) is 5.75 Å². The maximum Gasteiger partial charge on any atom is 0.0533 e. The van der Waals surface area contributed by atoms with Crippen LogP contribution in [0.5, 0.6) is 0 Å². The van der Waals surface area contributed by atoms with Crippen LogP contribution in [-0.2, 0) is 0 Å². The molecule has 1 aromatic heterocycles. The smallest absolute Gasteiger partial charge is 0.0533 e. The van der Waals surface area contributed by atoms with E-state index >= 15 is 0 Å². The Labute approximate surface area is 77.6 Å². The lowest BCUT2D eigenvalue weighted by Gasteiger charge is -2.06. The van der Waals surface area contributed by atoms with Crippen molar-refractivity contribution in [3.63, 3.8) is 0 Å². The summed E-state index contributed by atoms with van der Waals surface area (Å²) in [6, 6.07) is 4.32. The van der Waals surface area contributed by atoms with Gasteiger partial charge in [-0.3, -0.25) is 4.98 Å². The molecule has 1 unspecified atom stereocenters. The maximum absolute atomic E-state index is 4.44. The van der Waals surface area contributed by atoms with Gasteiger partial charge >= 0.3 is 0 Å². The predicted molar refractivity (Wildman–Crippen MR) is 53.4 cm³/mol. The summed E-state index contributed by atoms with van der Waals surface area (Å²) in [7, 11) is 0. The molecular formula is C10H13NS. The van der Waals surface area contributed by atoms with Crippen LogP contribution in [0.1, 0.15) is 29.3 Å². The Morgan fingerprint density at radius 2 is 2.42 bits per heavy atom. The van der Waals surface area contributed by atoms with Crippen molar-refractivity contribution >= 4 is 11.8 Å². The van der Waals surface area contributed by atoms with E-state index < -0.39 is 0 Å². The minimum atomic E-state index is 0.672.